The number of benzene rings is 1. The third kappa shape index (κ3) is 1.60. The monoisotopic (exact) mass is 282 g/mol. The predicted octanol–water partition coefficient (Wildman–Crippen LogP) is 3.02. The molecule has 1 atom stereocenters. The summed E-state index contributed by atoms with van der Waals surface area (Å²) in [6.07, 6.45) is 2.02. The van der Waals surface area contributed by atoms with Crippen LogP contribution in [0, 0.1) is 0 Å². The number of aromatic nitrogens is 1. The maximum atomic E-state index is 5.86. The summed E-state index contributed by atoms with van der Waals surface area (Å²) in [4.78, 5) is 4.41. The second-order valence-electron chi connectivity index (χ2n) is 3.90. The zero-order chi connectivity index (χ0) is 11.1. The van der Waals surface area contributed by atoms with Gasteiger partial charge in [-0.1, -0.05) is 15.9 Å². The minimum atomic E-state index is -0.00873. The average Bonchev–Trinajstić information content (AvgIpc) is 2.82. The summed E-state index contributed by atoms with van der Waals surface area (Å²) in [7, 11) is 0. The van der Waals surface area contributed by atoms with E-state index in [1.54, 1.807) is 0 Å². The van der Waals surface area contributed by atoms with Crippen LogP contribution < -0.4 is 5.73 Å². The van der Waals surface area contributed by atoms with Gasteiger partial charge in [0.1, 0.15) is 11.6 Å². The van der Waals surface area contributed by atoms with Gasteiger partial charge in [0.2, 0.25) is 5.89 Å². The van der Waals surface area contributed by atoms with E-state index in [2.05, 4.69) is 20.9 Å². The van der Waals surface area contributed by atoms with Crippen molar-refractivity contribution in [1.82, 2.24) is 4.98 Å². The molecule has 1 saturated heterocycles. The van der Waals surface area contributed by atoms with Crippen LogP contribution in [0.2, 0.25) is 0 Å². The lowest BCUT2D eigenvalue weighted by molar-refractivity contribution is 0.0907. The quantitative estimate of drug-likeness (QED) is 0.817. The third-order valence-electron chi connectivity index (χ3n) is 2.71. The Balaban J connectivity index is 2.11. The Kier molecular flexibility index (Phi) is 2.37. The molecule has 1 aromatic carbocycles. The lowest BCUT2D eigenvalue weighted by Crippen LogP contribution is -1.94. The molecule has 0 aliphatic carbocycles. The molecule has 4 nitrogen and oxygen atoms in total. The van der Waals surface area contributed by atoms with E-state index in [0.29, 0.717) is 17.2 Å². The number of nitrogen functional groups attached to an aromatic ring is 1. The molecule has 0 spiro atoms. The number of hydrogen-bond donors (Lipinski definition) is 1. The van der Waals surface area contributed by atoms with E-state index in [1.807, 2.05) is 12.1 Å². The smallest absolute Gasteiger partial charge is 0.224 e. The molecule has 0 bridgehead atoms. The van der Waals surface area contributed by atoms with Crippen molar-refractivity contribution in [3.05, 3.63) is 22.5 Å². The van der Waals surface area contributed by atoms with Gasteiger partial charge in [0.05, 0.1) is 5.69 Å². The van der Waals surface area contributed by atoms with E-state index in [-0.39, 0.29) is 6.10 Å². The van der Waals surface area contributed by atoms with Crippen LogP contribution in [0.25, 0.3) is 11.1 Å². The fraction of sp³-hybridized carbons (Fsp3) is 0.364. The van der Waals surface area contributed by atoms with Crippen LogP contribution in [0.4, 0.5) is 5.69 Å². The van der Waals surface area contributed by atoms with Crippen molar-refractivity contribution in [2.75, 3.05) is 12.3 Å². The molecule has 1 aliphatic heterocycles. The molecule has 1 fully saturated rings. The molecule has 2 N–H and O–H groups in total. The van der Waals surface area contributed by atoms with Gasteiger partial charge < -0.3 is 14.9 Å². The number of halogens is 1. The number of rotatable bonds is 1. The summed E-state index contributed by atoms with van der Waals surface area (Å²) in [6, 6.07) is 3.71. The Labute approximate surface area is 101 Å². The number of hydrogen-bond acceptors (Lipinski definition) is 4. The van der Waals surface area contributed by atoms with Crippen LogP contribution >= 0.6 is 15.9 Å². The van der Waals surface area contributed by atoms with Gasteiger partial charge >= 0.3 is 0 Å². The summed E-state index contributed by atoms with van der Waals surface area (Å²) < 4.78 is 12.1. The first-order valence-electron chi connectivity index (χ1n) is 5.21. The van der Waals surface area contributed by atoms with Crippen molar-refractivity contribution in [2.24, 2.45) is 0 Å². The first-order chi connectivity index (χ1) is 7.74. The van der Waals surface area contributed by atoms with Crippen LogP contribution in [-0.2, 0) is 4.74 Å². The van der Waals surface area contributed by atoms with Crippen molar-refractivity contribution in [3.8, 4) is 0 Å². The molecule has 5 heteroatoms. The molecule has 0 saturated carbocycles. The minimum absolute atomic E-state index is 0.00873. The Morgan fingerprint density at radius 1 is 1.44 bits per heavy atom. The molecular weight excluding hydrogens is 272 g/mol. The first-order valence-corrected chi connectivity index (χ1v) is 6.00. The van der Waals surface area contributed by atoms with E-state index < -0.39 is 0 Å². The molecular formula is C11H11BrN2O2. The highest BCUT2D eigenvalue weighted by molar-refractivity contribution is 9.10. The predicted molar refractivity (Wildman–Crippen MR) is 64.0 cm³/mol. The van der Waals surface area contributed by atoms with E-state index in [4.69, 9.17) is 14.9 Å². The SMILES string of the molecule is Nc1cc(Br)cc2nc(C3CCCO3)oc12. The normalized spacial score (nSPS) is 20.7. The number of nitrogens with two attached hydrogens (primary N) is 1. The standard InChI is InChI=1S/C11H11BrN2O2/c12-6-4-7(13)10-8(5-6)14-11(16-10)9-2-1-3-15-9/h4-5,9H,1-3,13H2. The summed E-state index contributed by atoms with van der Waals surface area (Å²) in [5, 5.41) is 0. The zero-order valence-electron chi connectivity index (χ0n) is 8.57. The van der Waals surface area contributed by atoms with Gasteiger partial charge in [0.25, 0.3) is 0 Å². The summed E-state index contributed by atoms with van der Waals surface area (Å²) in [6.45, 7) is 0.780. The first kappa shape index (κ1) is 10.1. The molecule has 0 amide bonds. The number of fused-ring (bicyclic) bond motifs is 1. The molecule has 2 aromatic rings. The highest BCUT2D eigenvalue weighted by atomic mass is 79.9. The highest BCUT2D eigenvalue weighted by Crippen LogP contribution is 2.33. The van der Waals surface area contributed by atoms with Gasteiger partial charge in [-0.3, -0.25) is 0 Å². The molecule has 3 rings (SSSR count). The molecule has 0 radical (unpaired) electrons. The second-order valence-corrected chi connectivity index (χ2v) is 4.81. The summed E-state index contributed by atoms with van der Waals surface area (Å²) in [5.41, 5.74) is 7.89. The minimum Gasteiger partial charge on any atom is -0.436 e. The van der Waals surface area contributed by atoms with Crippen molar-refractivity contribution >= 4 is 32.7 Å². The Morgan fingerprint density at radius 3 is 3.06 bits per heavy atom. The second kappa shape index (κ2) is 3.75. The Bertz CT molecular complexity index is 532. The van der Waals surface area contributed by atoms with Crippen LogP contribution in [-0.4, -0.2) is 11.6 Å². The molecule has 2 heterocycles. The lowest BCUT2D eigenvalue weighted by Gasteiger charge is -2.01. The van der Waals surface area contributed by atoms with Gasteiger partial charge in [-0.05, 0) is 25.0 Å². The Hall–Kier alpha value is -1.07. The van der Waals surface area contributed by atoms with Gasteiger partial charge in [-0.15, -0.1) is 0 Å². The van der Waals surface area contributed by atoms with E-state index in [0.717, 1.165) is 29.4 Å². The van der Waals surface area contributed by atoms with Crippen molar-refractivity contribution < 1.29 is 9.15 Å². The van der Waals surface area contributed by atoms with Gasteiger partial charge in [-0.25, -0.2) is 4.98 Å². The van der Waals surface area contributed by atoms with Gasteiger partial charge in [0.15, 0.2) is 5.58 Å². The maximum Gasteiger partial charge on any atom is 0.224 e. The number of anilines is 1. The molecule has 1 aliphatic rings. The Morgan fingerprint density at radius 2 is 2.31 bits per heavy atom. The zero-order valence-corrected chi connectivity index (χ0v) is 10.2. The third-order valence-corrected chi connectivity index (χ3v) is 3.16. The van der Waals surface area contributed by atoms with Crippen LogP contribution in [0.3, 0.4) is 0 Å². The van der Waals surface area contributed by atoms with Gasteiger partial charge in [0, 0.05) is 11.1 Å². The highest BCUT2D eigenvalue weighted by Gasteiger charge is 2.23. The average molecular weight is 283 g/mol. The number of nitrogens with zero attached hydrogens (tertiary/aromatic N) is 1. The van der Waals surface area contributed by atoms with Crippen molar-refractivity contribution in [2.45, 2.75) is 18.9 Å². The fourth-order valence-electron chi connectivity index (χ4n) is 1.95. The molecule has 1 aromatic heterocycles. The topological polar surface area (TPSA) is 61.3 Å². The van der Waals surface area contributed by atoms with E-state index in [1.165, 1.54) is 0 Å². The largest absolute Gasteiger partial charge is 0.436 e. The molecule has 1 unspecified atom stereocenters. The van der Waals surface area contributed by atoms with Crippen molar-refractivity contribution in [1.29, 1.82) is 0 Å². The lowest BCUT2D eigenvalue weighted by atomic mass is 10.2. The number of ether oxygens (including phenoxy) is 1. The maximum absolute atomic E-state index is 5.86. The van der Waals surface area contributed by atoms with Gasteiger partial charge in [-0.2, -0.15) is 0 Å². The van der Waals surface area contributed by atoms with E-state index >= 15 is 0 Å². The number of oxazole rings is 1. The van der Waals surface area contributed by atoms with Crippen LogP contribution in [0.1, 0.15) is 24.8 Å². The summed E-state index contributed by atoms with van der Waals surface area (Å²) >= 11 is 3.38. The van der Waals surface area contributed by atoms with Crippen molar-refractivity contribution in [3.63, 3.8) is 0 Å². The van der Waals surface area contributed by atoms with Crippen LogP contribution in [0.15, 0.2) is 21.0 Å². The fourth-order valence-corrected chi connectivity index (χ4v) is 2.41. The summed E-state index contributed by atoms with van der Waals surface area (Å²) in [5.74, 6) is 0.636. The molecule has 16 heavy (non-hydrogen) atoms. The van der Waals surface area contributed by atoms with E-state index in [9.17, 15) is 0 Å². The van der Waals surface area contributed by atoms with Crippen LogP contribution in [0.5, 0.6) is 0 Å². The molecule has 84 valence electrons.